The van der Waals surface area contributed by atoms with Crippen molar-refractivity contribution in [1.29, 1.82) is 0 Å². The van der Waals surface area contributed by atoms with Crippen LogP contribution in [-0.4, -0.2) is 23.2 Å². The molecule has 0 aromatic carbocycles. The molecule has 1 saturated carbocycles. The molecule has 0 aromatic heterocycles. The molecule has 2 N–H and O–H groups in total. The smallest absolute Gasteiger partial charge is 0.248 e. The molecule has 3 heteroatoms. The molecular formula is C12H23NO2. The van der Waals surface area contributed by atoms with Gasteiger partial charge in [0.25, 0.3) is 0 Å². The van der Waals surface area contributed by atoms with Gasteiger partial charge >= 0.3 is 0 Å². The highest BCUT2D eigenvalue weighted by Gasteiger charge is 2.24. The van der Waals surface area contributed by atoms with Crippen molar-refractivity contribution >= 4 is 5.91 Å². The molecule has 1 rings (SSSR count). The van der Waals surface area contributed by atoms with Gasteiger partial charge in [-0.05, 0) is 44.4 Å². The quantitative estimate of drug-likeness (QED) is 0.749. The molecule has 1 amide bonds. The normalized spacial score (nSPS) is 28.9. The van der Waals surface area contributed by atoms with Crippen molar-refractivity contribution in [3.05, 3.63) is 0 Å². The molecule has 0 aliphatic heterocycles. The maximum absolute atomic E-state index is 11.3. The van der Waals surface area contributed by atoms with E-state index in [1.54, 1.807) is 0 Å². The summed E-state index contributed by atoms with van der Waals surface area (Å²) in [5.41, 5.74) is 0. The van der Waals surface area contributed by atoms with Crippen LogP contribution in [0.2, 0.25) is 0 Å². The average Bonchev–Trinajstić information content (AvgIpc) is 2.18. The second-order valence-electron chi connectivity index (χ2n) is 5.04. The highest BCUT2D eigenvalue weighted by molar-refractivity contribution is 5.80. The highest BCUT2D eigenvalue weighted by Crippen LogP contribution is 2.29. The summed E-state index contributed by atoms with van der Waals surface area (Å²) in [6, 6.07) is 0.280. The van der Waals surface area contributed by atoms with Gasteiger partial charge in [0.05, 0.1) is 0 Å². The van der Waals surface area contributed by atoms with Gasteiger partial charge in [-0.1, -0.05) is 13.8 Å². The Labute approximate surface area is 92.3 Å². The van der Waals surface area contributed by atoms with Crippen LogP contribution in [0.4, 0.5) is 0 Å². The summed E-state index contributed by atoms with van der Waals surface area (Å²) in [6.07, 6.45) is 3.63. The Morgan fingerprint density at radius 3 is 2.13 bits per heavy atom. The first-order chi connectivity index (χ1) is 7.00. The number of nitrogens with one attached hydrogen (secondary N) is 1. The molecule has 1 aliphatic carbocycles. The van der Waals surface area contributed by atoms with Gasteiger partial charge in [-0.15, -0.1) is 0 Å². The Hall–Kier alpha value is -0.570. The number of amides is 1. The van der Waals surface area contributed by atoms with Crippen molar-refractivity contribution in [3.63, 3.8) is 0 Å². The molecule has 0 unspecified atom stereocenters. The lowest BCUT2D eigenvalue weighted by Crippen LogP contribution is -2.42. The molecular weight excluding hydrogens is 190 g/mol. The topological polar surface area (TPSA) is 49.3 Å². The molecule has 0 heterocycles. The predicted octanol–water partition coefficient (Wildman–Crippen LogP) is 1.70. The molecule has 1 fully saturated rings. The van der Waals surface area contributed by atoms with Crippen LogP contribution < -0.4 is 5.32 Å². The van der Waals surface area contributed by atoms with Crippen molar-refractivity contribution < 1.29 is 9.90 Å². The van der Waals surface area contributed by atoms with E-state index in [2.05, 4.69) is 19.2 Å². The van der Waals surface area contributed by atoms with Gasteiger partial charge in [0, 0.05) is 6.04 Å². The molecule has 0 spiro atoms. The van der Waals surface area contributed by atoms with Crippen LogP contribution >= 0.6 is 0 Å². The SMILES string of the molecule is CC(C)C1CCC(NC(=O)[C@@H](C)O)CC1. The number of carbonyl (C=O) groups is 1. The number of carbonyl (C=O) groups excluding carboxylic acids is 1. The van der Waals surface area contributed by atoms with Crippen LogP contribution in [-0.2, 0) is 4.79 Å². The third kappa shape index (κ3) is 3.82. The van der Waals surface area contributed by atoms with Crippen molar-refractivity contribution in [2.45, 2.75) is 58.6 Å². The van der Waals surface area contributed by atoms with Gasteiger partial charge in [-0.3, -0.25) is 4.79 Å². The van der Waals surface area contributed by atoms with Crippen molar-refractivity contribution in [1.82, 2.24) is 5.32 Å². The Kier molecular flexibility index (Phi) is 4.58. The zero-order valence-electron chi connectivity index (χ0n) is 9.99. The fourth-order valence-corrected chi connectivity index (χ4v) is 2.25. The number of aliphatic hydroxyl groups excluding tert-OH is 1. The molecule has 0 aromatic rings. The summed E-state index contributed by atoms with van der Waals surface area (Å²) in [5, 5.41) is 12.0. The van der Waals surface area contributed by atoms with Crippen molar-refractivity contribution in [3.8, 4) is 0 Å². The predicted molar refractivity (Wildman–Crippen MR) is 60.4 cm³/mol. The van der Waals surface area contributed by atoms with Gasteiger partial charge in [0.2, 0.25) is 5.91 Å². The van der Waals surface area contributed by atoms with E-state index in [9.17, 15) is 4.79 Å². The minimum Gasteiger partial charge on any atom is -0.384 e. The summed E-state index contributed by atoms with van der Waals surface area (Å²) < 4.78 is 0. The zero-order chi connectivity index (χ0) is 11.4. The summed E-state index contributed by atoms with van der Waals surface area (Å²) in [7, 11) is 0. The number of rotatable bonds is 3. The van der Waals surface area contributed by atoms with Gasteiger partial charge in [0.1, 0.15) is 6.10 Å². The summed E-state index contributed by atoms with van der Waals surface area (Å²) in [4.78, 5) is 11.3. The van der Waals surface area contributed by atoms with Crippen LogP contribution in [0, 0.1) is 11.8 Å². The van der Waals surface area contributed by atoms with Crippen LogP contribution in [0.3, 0.4) is 0 Å². The standard InChI is InChI=1S/C12H23NO2/c1-8(2)10-4-6-11(7-5-10)13-12(15)9(3)14/h8-11,14H,4-7H2,1-3H3,(H,13,15)/t9-,10?,11?/m1/s1. The molecule has 1 atom stereocenters. The monoisotopic (exact) mass is 213 g/mol. The minimum atomic E-state index is -0.882. The fraction of sp³-hybridized carbons (Fsp3) is 0.917. The van der Waals surface area contributed by atoms with E-state index in [0.29, 0.717) is 0 Å². The third-order valence-electron chi connectivity index (χ3n) is 3.44. The number of hydrogen-bond donors (Lipinski definition) is 2. The van der Waals surface area contributed by atoms with Crippen LogP contribution in [0.25, 0.3) is 0 Å². The summed E-state index contributed by atoms with van der Waals surface area (Å²) in [5.74, 6) is 1.33. The lowest BCUT2D eigenvalue weighted by Gasteiger charge is -2.31. The summed E-state index contributed by atoms with van der Waals surface area (Å²) in [6.45, 7) is 6.04. The summed E-state index contributed by atoms with van der Waals surface area (Å²) >= 11 is 0. The van der Waals surface area contributed by atoms with Crippen LogP contribution in [0.15, 0.2) is 0 Å². The van der Waals surface area contributed by atoms with E-state index in [4.69, 9.17) is 5.11 Å². The maximum atomic E-state index is 11.3. The van der Waals surface area contributed by atoms with Crippen LogP contribution in [0.1, 0.15) is 46.5 Å². The fourth-order valence-electron chi connectivity index (χ4n) is 2.25. The van der Waals surface area contributed by atoms with E-state index >= 15 is 0 Å². The Morgan fingerprint density at radius 1 is 1.20 bits per heavy atom. The van der Waals surface area contributed by atoms with E-state index < -0.39 is 6.10 Å². The van der Waals surface area contributed by atoms with E-state index in [-0.39, 0.29) is 11.9 Å². The Morgan fingerprint density at radius 2 is 1.73 bits per heavy atom. The minimum absolute atomic E-state index is 0.233. The Bertz CT molecular complexity index is 206. The maximum Gasteiger partial charge on any atom is 0.248 e. The number of aliphatic hydroxyl groups is 1. The molecule has 0 radical (unpaired) electrons. The molecule has 1 aliphatic rings. The lowest BCUT2D eigenvalue weighted by atomic mass is 9.79. The van der Waals surface area contributed by atoms with E-state index in [0.717, 1.165) is 24.7 Å². The Balaban J connectivity index is 2.29. The van der Waals surface area contributed by atoms with Crippen molar-refractivity contribution in [2.24, 2.45) is 11.8 Å². The average molecular weight is 213 g/mol. The second kappa shape index (κ2) is 5.50. The van der Waals surface area contributed by atoms with E-state index in [1.165, 1.54) is 19.8 Å². The lowest BCUT2D eigenvalue weighted by molar-refractivity contribution is -0.129. The first-order valence-electron chi connectivity index (χ1n) is 5.99. The van der Waals surface area contributed by atoms with Crippen molar-refractivity contribution in [2.75, 3.05) is 0 Å². The number of hydrogen-bond acceptors (Lipinski definition) is 2. The van der Waals surface area contributed by atoms with E-state index in [1.807, 2.05) is 0 Å². The first-order valence-corrected chi connectivity index (χ1v) is 5.99. The highest BCUT2D eigenvalue weighted by atomic mass is 16.3. The third-order valence-corrected chi connectivity index (χ3v) is 3.44. The van der Waals surface area contributed by atoms with Gasteiger partial charge in [0.15, 0.2) is 0 Å². The molecule has 15 heavy (non-hydrogen) atoms. The first kappa shape index (κ1) is 12.5. The molecule has 0 bridgehead atoms. The van der Waals surface area contributed by atoms with Gasteiger partial charge in [-0.2, -0.15) is 0 Å². The zero-order valence-corrected chi connectivity index (χ0v) is 9.99. The molecule has 3 nitrogen and oxygen atoms in total. The largest absolute Gasteiger partial charge is 0.384 e. The van der Waals surface area contributed by atoms with Gasteiger partial charge in [-0.25, -0.2) is 0 Å². The molecule has 88 valence electrons. The molecule has 0 saturated heterocycles. The van der Waals surface area contributed by atoms with Gasteiger partial charge < -0.3 is 10.4 Å². The second-order valence-corrected chi connectivity index (χ2v) is 5.04. The van der Waals surface area contributed by atoms with Crippen LogP contribution in [0.5, 0.6) is 0 Å².